The van der Waals surface area contributed by atoms with E-state index < -0.39 is 0 Å². The molecule has 2 heteroatoms. The van der Waals surface area contributed by atoms with Crippen molar-refractivity contribution in [1.29, 1.82) is 0 Å². The first-order chi connectivity index (χ1) is 7.00. The quantitative estimate of drug-likeness (QED) is 0.742. The van der Waals surface area contributed by atoms with Gasteiger partial charge in [0.25, 0.3) is 0 Å². The van der Waals surface area contributed by atoms with Crippen molar-refractivity contribution >= 4 is 11.4 Å². The van der Waals surface area contributed by atoms with E-state index in [1.807, 2.05) is 18.2 Å². The number of nitrogens with two attached hydrogens (primary N) is 2. The number of rotatable bonds is 4. The molecule has 0 bridgehead atoms. The summed E-state index contributed by atoms with van der Waals surface area (Å²) in [7, 11) is 0. The molecular formula is C13H22N2. The molecule has 1 aromatic carbocycles. The van der Waals surface area contributed by atoms with Gasteiger partial charge in [0.05, 0.1) is 0 Å². The fourth-order valence-corrected chi connectivity index (χ4v) is 1.76. The normalized spacial score (nSPS) is 13.1. The third-order valence-corrected chi connectivity index (χ3v) is 2.82. The molecule has 84 valence electrons. The van der Waals surface area contributed by atoms with Crippen LogP contribution in [-0.4, -0.2) is 0 Å². The molecule has 0 saturated carbocycles. The third-order valence-electron chi connectivity index (χ3n) is 2.82. The summed E-state index contributed by atoms with van der Waals surface area (Å²) < 4.78 is 0. The van der Waals surface area contributed by atoms with Crippen LogP contribution in [0.4, 0.5) is 11.4 Å². The van der Waals surface area contributed by atoms with Crippen molar-refractivity contribution in [2.24, 2.45) is 5.92 Å². The van der Waals surface area contributed by atoms with Crippen molar-refractivity contribution in [2.75, 3.05) is 11.5 Å². The molecule has 0 aromatic heterocycles. The summed E-state index contributed by atoms with van der Waals surface area (Å²) in [6.07, 6.45) is 2.40. The van der Waals surface area contributed by atoms with Crippen LogP contribution in [0.5, 0.6) is 0 Å². The van der Waals surface area contributed by atoms with Gasteiger partial charge in [0.2, 0.25) is 0 Å². The van der Waals surface area contributed by atoms with Crippen LogP contribution in [0.3, 0.4) is 0 Å². The van der Waals surface area contributed by atoms with E-state index in [9.17, 15) is 0 Å². The second-order valence-electron chi connectivity index (χ2n) is 4.76. The Bertz CT molecular complexity index is 318. The molecule has 2 nitrogen and oxygen atoms in total. The lowest BCUT2D eigenvalue weighted by molar-refractivity contribution is 0.517. The predicted octanol–water partition coefficient (Wildman–Crippen LogP) is 3.39. The standard InChI is InChI=1S/C13H22N2/c1-9(2)4-5-10(3)12-8-11(14)6-7-13(12)15/h6-10H,4-5,14-15H2,1-3H3. The average Bonchev–Trinajstić information content (AvgIpc) is 2.18. The van der Waals surface area contributed by atoms with Gasteiger partial charge in [0.15, 0.2) is 0 Å². The van der Waals surface area contributed by atoms with Gasteiger partial charge in [0.1, 0.15) is 0 Å². The number of nitrogen functional groups attached to an aromatic ring is 2. The van der Waals surface area contributed by atoms with E-state index in [2.05, 4.69) is 20.8 Å². The Morgan fingerprint density at radius 1 is 1.07 bits per heavy atom. The van der Waals surface area contributed by atoms with Gasteiger partial charge in [-0.05, 0) is 42.0 Å². The number of anilines is 2. The van der Waals surface area contributed by atoms with Crippen LogP contribution in [0.25, 0.3) is 0 Å². The van der Waals surface area contributed by atoms with Crippen molar-refractivity contribution in [3.8, 4) is 0 Å². The van der Waals surface area contributed by atoms with Crippen LogP contribution < -0.4 is 11.5 Å². The fourth-order valence-electron chi connectivity index (χ4n) is 1.76. The van der Waals surface area contributed by atoms with E-state index in [4.69, 9.17) is 11.5 Å². The lowest BCUT2D eigenvalue weighted by Crippen LogP contribution is -2.02. The van der Waals surface area contributed by atoms with E-state index in [0.717, 1.165) is 17.3 Å². The largest absolute Gasteiger partial charge is 0.399 e. The third kappa shape index (κ3) is 3.46. The zero-order chi connectivity index (χ0) is 11.4. The first-order valence-corrected chi connectivity index (χ1v) is 5.65. The summed E-state index contributed by atoms with van der Waals surface area (Å²) in [6, 6.07) is 5.75. The van der Waals surface area contributed by atoms with Gasteiger partial charge in [-0.25, -0.2) is 0 Å². The van der Waals surface area contributed by atoms with Crippen LogP contribution in [-0.2, 0) is 0 Å². The summed E-state index contributed by atoms with van der Waals surface area (Å²) in [5.41, 5.74) is 14.6. The average molecular weight is 206 g/mol. The first-order valence-electron chi connectivity index (χ1n) is 5.65. The van der Waals surface area contributed by atoms with Gasteiger partial charge in [0, 0.05) is 11.4 Å². The Morgan fingerprint density at radius 2 is 1.73 bits per heavy atom. The summed E-state index contributed by atoms with van der Waals surface area (Å²) in [4.78, 5) is 0. The molecular weight excluding hydrogens is 184 g/mol. The van der Waals surface area contributed by atoms with Crippen LogP contribution >= 0.6 is 0 Å². The van der Waals surface area contributed by atoms with Gasteiger partial charge in [-0.1, -0.05) is 27.2 Å². The topological polar surface area (TPSA) is 52.0 Å². The Hall–Kier alpha value is -1.18. The lowest BCUT2D eigenvalue weighted by atomic mass is 9.91. The second-order valence-corrected chi connectivity index (χ2v) is 4.76. The van der Waals surface area contributed by atoms with Crippen molar-refractivity contribution in [1.82, 2.24) is 0 Å². The predicted molar refractivity (Wildman–Crippen MR) is 67.8 cm³/mol. The Morgan fingerprint density at radius 3 is 2.33 bits per heavy atom. The van der Waals surface area contributed by atoms with Gasteiger partial charge in [-0.2, -0.15) is 0 Å². The van der Waals surface area contributed by atoms with Crippen molar-refractivity contribution in [3.63, 3.8) is 0 Å². The minimum Gasteiger partial charge on any atom is -0.399 e. The molecule has 0 aliphatic rings. The summed E-state index contributed by atoms with van der Waals surface area (Å²) in [5.74, 6) is 1.24. The molecule has 0 heterocycles. The first kappa shape index (κ1) is 11.9. The smallest absolute Gasteiger partial charge is 0.0350 e. The maximum absolute atomic E-state index is 5.94. The molecule has 0 aliphatic heterocycles. The zero-order valence-electron chi connectivity index (χ0n) is 9.96. The molecule has 15 heavy (non-hydrogen) atoms. The van der Waals surface area contributed by atoms with Crippen LogP contribution in [0, 0.1) is 5.92 Å². The zero-order valence-corrected chi connectivity index (χ0v) is 9.96. The summed E-state index contributed by atoms with van der Waals surface area (Å²) in [6.45, 7) is 6.71. The van der Waals surface area contributed by atoms with Crippen LogP contribution in [0.1, 0.15) is 45.1 Å². The van der Waals surface area contributed by atoms with E-state index >= 15 is 0 Å². The molecule has 1 atom stereocenters. The molecule has 1 aromatic rings. The maximum atomic E-state index is 5.94. The minimum atomic E-state index is 0.496. The van der Waals surface area contributed by atoms with E-state index in [1.54, 1.807) is 0 Å². The molecule has 1 rings (SSSR count). The number of hydrogen-bond donors (Lipinski definition) is 2. The van der Waals surface area contributed by atoms with Gasteiger partial charge < -0.3 is 11.5 Å². The number of benzene rings is 1. The van der Waals surface area contributed by atoms with Gasteiger partial charge in [-0.3, -0.25) is 0 Å². The maximum Gasteiger partial charge on any atom is 0.0350 e. The lowest BCUT2D eigenvalue weighted by Gasteiger charge is -2.16. The number of hydrogen-bond acceptors (Lipinski definition) is 2. The highest BCUT2D eigenvalue weighted by Crippen LogP contribution is 2.28. The Labute approximate surface area is 92.7 Å². The highest BCUT2D eigenvalue weighted by atomic mass is 14.6. The molecule has 0 fully saturated rings. The second kappa shape index (κ2) is 5.06. The molecule has 0 aliphatic carbocycles. The SMILES string of the molecule is CC(C)CCC(C)c1cc(N)ccc1N. The molecule has 1 unspecified atom stereocenters. The Kier molecular flexibility index (Phi) is 4.01. The summed E-state index contributed by atoms with van der Waals surface area (Å²) in [5, 5.41) is 0. The van der Waals surface area contributed by atoms with Crippen molar-refractivity contribution in [2.45, 2.75) is 39.5 Å². The highest BCUT2D eigenvalue weighted by Gasteiger charge is 2.10. The minimum absolute atomic E-state index is 0.496. The van der Waals surface area contributed by atoms with Gasteiger partial charge >= 0.3 is 0 Å². The van der Waals surface area contributed by atoms with Crippen LogP contribution in [0.2, 0.25) is 0 Å². The molecule has 0 radical (unpaired) electrons. The van der Waals surface area contributed by atoms with E-state index in [-0.39, 0.29) is 0 Å². The molecule has 0 saturated heterocycles. The summed E-state index contributed by atoms with van der Waals surface area (Å²) >= 11 is 0. The monoisotopic (exact) mass is 206 g/mol. The van der Waals surface area contributed by atoms with Crippen LogP contribution in [0.15, 0.2) is 18.2 Å². The molecule has 0 amide bonds. The molecule has 4 N–H and O–H groups in total. The fraction of sp³-hybridized carbons (Fsp3) is 0.538. The van der Waals surface area contributed by atoms with Crippen molar-refractivity contribution < 1.29 is 0 Å². The van der Waals surface area contributed by atoms with Gasteiger partial charge in [-0.15, -0.1) is 0 Å². The Balaban J connectivity index is 2.72. The van der Waals surface area contributed by atoms with E-state index in [1.165, 1.54) is 18.4 Å². The van der Waals surface area contributed by atoms with Crippen molar-refractivity contribution in [3.05, 3.63) is 23.8 Å². The molecule has 0 spiro atoms. The van der Waals surface area contributed by atoms with E-state index in [0.29, 0.717) is 5.92 Å². The highest BCUT2D eigenvalue weighted by molar-refractivity contribution is 5.56.